The van der Waals surface area contributed by atoms with Crippen molar-refractivity contribution in [1.82, 2.24) is 5.32 Å². The highest BCUT2D eigenvalue weighted by Gasteiger charge is 2.20. The number of nitrogens with one attached hydrogen (secondary N) is 1. The molecular weight excluding hydrogens is 202 g/mol. The molecule has 16 heavy (non-hydrogen) atoms. The van der Waals surface area contributed by atoms with Gasteiger partial charge < -0.3 is 10.1 Å². The minimum Gasteiger partial charge on any atom is -0.491 e. The molecule has 0 spiro atoms. The molecule has 1 heterocycles. The molecule has 1 aromatic carbocycles. The number of hydrogen-bond donors (Lipinski definition) is 1. The number of amides is 1. The zero-order valence-electron chi connectivity index (χ0n) is 9.96. The Hall–Kier alpha value is -1.51. The first kappa shape index (κ1) is 11.0. The first-order valence-corrected chi connectivity index (χ1v) is 5.54. The van der Waals surface area contributed by atoms with Gasteiger partial charge in [-0.05, 0) is 23.1 Å². The van der Waals surface area contributed by atoms with Gasteiger partial charge in [-0.2, -0.15) is 0 Å². The number of carbonyl (C=O) groups excluding carboxylic acids is 1. The van der Waals surface area contributed by atoms with Crippen LogP contribution in [0.25, 0.3) is 0 Å². The zero-order chi connectivity index (χ0) is 11.8. The Bertz CT molecular complexity index is 418. The lowest BCUT2D eigenvalue weighted by Gasteiger charge is -2.20. The van der Waals surface area contributed by atoms with E-state index in [9.17, 15) is 4.79 Å². The van der Waals surface area contributed by atoms with Crippen LogP contribution in [0.2, 0.25) is 0 Å². The highest BCUT2D eigenvalue weighted by Crippen LogP contribution is 2.28. The monoisotopic (exact) mass is 219 g/mol. The van der Waals surface area contributed by atoms with Crippen molar-refractivity contribution in [2.45, 2.75) is 26.2 Å². The van der Waals surface area contributed by atoms with Crippen molar-refractivity contribution in [1.29, 1.82) is 0 Å². The SMILES string of the molecule is CC(C)(C)c1ccc2c(c1)C(=O)NCCO2. The van der Waals surface area contributed by atoms with Crippen LogP contribution in [-0.2, 0) is 5.41 Å². The van der Waals surface area contributed by atoms with Crippen molar-refractivity contribution >= 4 is 5.91 Å². The van der Waals surface area contributed by atoms with Gasteiger partial charge in [0.2, 0.25) is 0 Å². The molecule has 0 unspecified atom stereocenters. The minimum absolute atomic E-state index is 0.0430. The Labute approximate surface area is 95.8 Å². The molecule has 0 saturated heterocycles. The van der Waals surface area contributed by atoms with E-state index in [1.807, 2.05) is 18.2 Å². The minimum atomic E-state index is -0.0430. The van der Waals surface area contributed by atoms with Crippen LogP contribution in [0.1, 0.15) is 36.7 Å². The molecular formula is C13H17NO2. The van der Waals surface area contributed by atoms with E-state index in [0.29, 0.717) is 24.5 Å². The third-order valence-electron chi connectivity index (χ3n) is 2.74. The smallest absolute Gasteiger partial charge is 0.255 e. The van der Waals surface area contributed by atoms with Gasteiger partial charge in [-0.15, -0.1) is 0 Å². The summed E-state index contributed by atoms with van der Waals surface area (Å²) < 4.78 is 5.50. The molecule has 2 rings (SSSR count). The van der Waals surface area contributed by atoms with Gasteiger partial charge in [0.1, 0.15) is 12.4 Å². The van der Waals surface area contributed by atoms with Gasteiger partial charge in [0.05, 0.1) is 12.1 Å². The summed E-state index contributed by atoms with van der Waals surface area (Å²) in [5.74, 6) is 0.640. The predicted molar refractivity (Wildman–Crippen MR) is 63.0 cm³/mol. The summed E-state index contributed by atoms with van der Waals surface area (Å²) >= 11 is 0. The number of ether oxygens (including phenoxy) is 1. The highest BCUT2D eigenvalue weighted by atomic mass is 16.5. The first-order chi connectivity index (χ1) is 7.48. The van der Waals surface area contributed by atoms with Crippen LogP contribution in [0.5, 0.6) is 5.75 Å². The van der Waals surface area contributed by atoms with Gasteiger partial charge in [-0.1, -0.05) is 26.8 Å². The van der Waals surface area contributed by atoms with Crippen molar-refractivity contribution in [3.63, 3.8) is 0 Å². The second-order valence-electron chi connectivity index (χ2n) is 5.07. The lowest BCUT2D eigenvalue weighted by molar-refractivity contribution is 0.0957. The van der Waals surface area contributed by atoms with E-state index in [1.54, 1.807) is 0 Å². The number of benzene rings is 1. The molecule has 1 N–H and O–H groups in total. The molecule has 1 aliphatic rings. The van der Waals surface area contributed by atoms with Crippen LogP contribution in [0.15, 0.2) is 18.2 Å². The van der Waals surface area contributed by atoms with Crippen molar-refractivity contribution in [2.75, 3.05) is 13.2 Å². The molecule has 0 fully saturated rings. The average molecular weight is 219 g/mol. The molecule has 3 heteroatoms. The van der Waals surface area contributed by atoms with Gasteiger partial charge >= 0.3 is 0 Å². The molecule has 3 nitrogen and oxygen atoms in total. The Morgan fingerprint density at radius 3 is 2.75 bits per heavy atom. The number of rotatable bonds is 0. The third-order valence-corrected chi connectivity index (χ3v) is 2.74. The summed E-state index contributed by atoms with van der Waals surface area (Å²) in [6.07, 6.45) is 0. The maximum atomic E-state index is 11.8. The summed E-state index contributed by atoms with van der Waals surface area (Å²) in [5, 5.41) is 2.82. The normalized spacial score (nSPS) is 15.8. The molecule has 0 aromatic heterocycles. The summed E-state index contributed by atoms with van der Waals surface area (Å²) in [5.41, 5.74) is 1.83. The van der Waals surface area contributed by atoms with Crippen molar-refractivity contribution in [3.8, 4) is 5.75 Å². The van der Waals surface area contributed by atoms with Gasteiger partial charge in [-0.3, -0.25) is 4.79 Å². The second-order valence-corrected chi connectivity index (χ2v) is 5.07. The maximum Gasteiger partial charge on any atom is 0.255 e. The summed E-state index contributed by atoms with van der Waals surface area (Å²) in [4.78, 5) is 11.8. The standard InChI is InChI=1S/C13H17NO2/c1-13(2,3)9-4-5-11-10(8-9)12(15)14-6-7-16-11/h4-5,8H,6-7H2,1-3H3,(H,14,15). The fraction of sp³-hybridized carbons (Fsp3) is 0.462. The Kier molecular flexibility index (Phi) is 2.62. The summed E-state index contributed by atoms with van der Waals surface area (Å²) in [6.45, 7) is 7.49. The number of hydrogen-bond acceptors (Lipinski definition) is 2. The Balaban J connectivity index is 2.47. The Morgan fingerprint density at radius 2 is 2.06 bits per heavy atom. The van der Waals surface area contributed by atoms with Gasteiger partial charge in [-0.25, -0.2) is 0 Å². The quantitative estimate of drug-likeness (QED) is 0.725. The first-order valence-electron chi connectivity index (χ1n) is 5.54. The lowest BCUT2D eigenvalue weighted by atomic mass is 9.86. The van der Waals surface area contributed by atoms with Crippen LogP contribution in [0, 0.1) is 0 Å². The van der Waals surface area contributed by atoms with Crippen LogP contribution in [0.3, 0.4) is 0 Å². The molecule has 1 aromatic rings. The summed E-state index contributed by atoms with van der Waals surface area (Å²) in [7, 11) is 0. The summed E-state index contributed by atoms with van der Waals surface area (Å²) in [6, 6.07) is 5.84. The van der Waals surface area contributed by atoms with Crippen LogP contribution in [0.4, 0.5) is 0 Å². The van der Waals surface area contributed by atoms with Gasteiger partial charge in [0.15, 0.2) is 0 Å². The van der Waals surface area contributed by atoms with E-state index in [1.165, 1.54) is 0 Å². The van der Waals surface area contributed by atoms with E-state index in [-0.39, 0.29) is 11.3 Å². The van der Waals surface area contributed by atoms with Gasteiger partial charge in [0, 0.05) is 0 Å². The third kappa shape index (κ3) is 2.03. The molecule has 0 aliphatic carbocycles. The molecule has 1 aliphatic heterocycles. The van der Waals surface area contributed by atoms with Crippen LogP contribution < -0.4 is 10.1 Å². The average Bonchev–Trinajstić information content (AvgIpc) is 2.39. The van der Waals surface area contributed by atoms with Crippen molar-refractivity contribution in [3.05, 3.63) is 29.3 Å². The van der Waals surface area contributed by atoms with E-state index >= 15 is 0 Å². The molecule has 0 saturated carbocycles. The largest absolute Gasteiger partial charge is 0.491 e. The van der Waals surface area contributed by atoms with Gasteiger partial charge in [0.25, 0.3) is 5.91 Å². The van der Waals surface area contributed by atoms with Crippen molar-refractivity contribution in [2.24, 2.45) is 0 Å². The number of fused-ring (bicyclic) bond motifs is 1. The van der Waals surface area contributed by atoms with E-state index in [2.05, 4.69) is 26.1 Å². The van der Waals surface area contributed by atoms with E-state index in [4.69, 9.17) is 4.74 Å². The fourth-order valence-electron chi connectivity index (χ4n) is 1.72. The molecule has 0 atom stereocenters. The fourth-order valence-corrected chi connectivity index (χ4v) is 1.72. The molecule has 0 radical (unpaired) electrons. The highest BCUT2D eigenvalue weighted by molar-refractivity contribution is 5.97. The lowest BCUT2D eigenvalue weighted by Crippen LogP contribution is -2.24. The van der Waals surface area contributed by atoms with Crippen LogP contribution >= 0.6 is 0 Å². The van der Waals surface area contributed by atoms with Crippen molar-refractivity contribution < 1.29 is 9.53 Å². The molecule has 0 bridgehead atoms. The Morgan fingerprint density at radius 1 is 1.31 bits per heavy atom. The number of carbonyl (C=O) groups is 1. The zero-order valence-corrected chi connectivity index (χ0v) is 9.96. The van der Waals surface area contributed by atoms with E-state index < -0.39 is 0 Å². The van der Waals surface area contributed by atoms with E-state index in [0.717, 1.165) is 5.56 Å². The second kappa shape index (κ2) is 3.81. The molecule has 86 valence electrons. The van der Waals surface area contributed by atoms with Crippen LogP contribution in [-0.4, -0.2) is 19.1 Å². The molecule has 1 amide bonds. The topological polar surface area (TPSA) is 38.3 Å². The maximum absolute atomic E-state index is 11.8. The predicted octanol–water partition coefficient (Wildman–Crippen LogP) is 2.11.